The summed E-state index contributed by atoms with van der Waals surface area (Å²) in [4.78, 5) is 31.9. The molecule has 18 heteroatoms. The van der Waals surface area contributed by atoms with Crippen molar-refractivity contribution in [2.45, 2.75) is 115 Å². The van der Waals surface area contributed by atoms with Gasteiger partial charge in [0.25, 0.3) is 14.1 Å². The van der Waals surface area contributed by atoms with Crippen LogP contribution in [0, 0.1) is 11.3 Å². The number of aromatic amines is 1. The molecule has 1 saturated heterocycles. The quantitative estimate of drug-likeness (QED) is 0.0185. The van der Waals surface area contributed by atoms with E-state index < -0.39 is 52.5 Å². The molecule has 0 saturated carbocycles. The molecule has 1 aliphatic rings. The molecule has 0 aliphatic carbocycles. The van der Waals surface area contributed by atoms with E-state index in [0.29, 0.717) is 11.5 Å². The Balaban J connectivity index is 1.59. The summed E-state index contributed by atoms with van der Waals surface area (Å²) >= 11 is 0. The molecule has 67 heavy (non-hydrogen) atoms. The molecule has 5 atom stereocenters. The van der Waals surface area contributed by atoms with Gasteiger partial charge in [0.1, 0.15) is 35.4 Å². The van der Waals surface area contributed by atoms with Crippen molar-refractivity contribution in [1.29, 1.82) is 5.26 Å². The molecule has 6 rings (SSSR count). The zero-order valence-electron chi connectivity index (χ0n) is 41.1. The third-order valence-electron chi connectivity index (χ3n) is 12.1. The largest absolute Gasteiger partial charge is 0.497 e. The Morgan fingerprint density at radius 3 is 2.03 bits per heavy atom. The van der Waals surface area contributed by atoms with E-state index in [-0.39, 0.29) is 53.9 Å². The number of nitrogens with one attached hydrogen (secondary N) is 1. The van der Waals surface area contributed by atoms with E-state index in [4.69, 9.17) is 37.4 Å². The molecule has 1 unspecified atom stereocenters. The normalized spacial score (nSPS) is 18.6. The molecule has 1 N–H and O–H groups in total. The van der Waals surface area contributed by atoms with Crippen LogP contribution in [0.15, 0.2) is 95.0 Å². The lowest BCUT2D eigenvalue weighted by molar-refractivity contribution is -0.0926. The molecule has 360 valence electrons. The summed E-state index contributed by atoms with van der Waals surface area (Å²) in [7, 11) is 2.45. The van der Waals surface area contributed by atoms with Crippen molar-refractivity contribution in [2.24, 2.45) is 4.99 Å². The number of hydrogen-bond acceptors (Lipinski definition) is 13. The SMILES string of the molecule is COc1ccc(C(OC[C@H]2O[C@@H](n3cnc4c(=O)[nH]c(N=CN(C)C)nc43)[C@H](O[Si](C)(C)C(C)(C)C)[C@@H]2OP(OCCC#N)N(C(C)C)C(C)C)(c2ccccc2)c2ccc(OC)cc2)cc1. The van der Waals surface area contributed by atoms with E-state index in [1.807, 2.05) is 93.0 Å². The summed E-state index contributed by atoms with van der Waals surface area (Å²) in [6.45, 7) is 19.4. The van der Waals surface area contributed by atoms with Crippen LogP contribution >= 0.6 is 8.53 Å². The maximum absolute atomic E-state index is 13.6. The highest BCUT2D eigenvalue weighted by molar-refractivity contribution is 7.44. The van der Waals surface area contributed by atoms with Gasteiger partial charge < -0.3 is 37.3 Å². The Morgan fingerprint density at radius 2 is 1.51 bits per heavy atom. The van der Waals surface area contributed by atoms with Crippen LogP contribution in [0.4, 0.5) is 5.95 Å². The van der Waals surface area contributed by atoms with E-state index in [0.717, 1.165) is 16.7 Å². The predicted molar refractivity (Wildman–Crippen MR) is 264 cm³/mol. The van der Waals surface area contributed by atoms with E-state index in [2.05, 4.69) is 87.3 Å². The van der Waals surface area contributed by atoms with Crippen LogP contribution in [0.2, 0.25) is 18.1 Å². The summed E-state index contributed by atoms with van der Waals surface area (Å²) < 4.78 is 51.4. The Morgan fingerprint density at radius 1 is 0.925 bits per heavy atom. The van der Waals surface area contributed by atoms with Crippen LogP contribution in [0.25, 0.3) is 11.2 Å². The number of rotatable bonds is 21. The molecule has 2 aromatic heterocycles. The third kappa shape index (κ3) is 11.5. The number of ether oxygens (including phenoxy) is 4. The zero-order chi connectivity index (χ0) is 48.7. The average Bonchev–Trinajstić information content (AvgIpc) is 3.86. The lowest BCUT2D eigenvalue weighted by Crippen LogP contribution is -2.50. The maximum Gasteiger partial charge on any atom is 0.280 e. The summed E-state index contributed by atoms with van der Waals surface area (Å²) in [6, 6.07) is 28.0. The summed E-state index contributed by atoms with van der Waals surface area (Å²) in [5.74, 6) is 1.49. The minimum atomic E-state index is -2.66. The van der Waals surface area contributed by atoms with Crippen LogP contribution in [-0.4, -0.2) is 116 Å². The highest BCUT2D eigenvalue weighted by Gasteiger charge is 2.54. The average molecular weight is 955 g/mol. The van der Waals surface area contributed by atoms with Gasteiger partial charge in [0.05, 0.1) is 52.6 Å². The highest BCUT2D eigenvalue weighted by atomic mass is 31.2. The summed E-state index contributed by atoms with van der Waals surface area (Å²) in [5.41, 5.74) is 1.28. The van der Waals surface area contributed by atoms with Crippen LogP contribution < -0.4 is 15.0 Å². The van der Waals surface area contributed by atoms with Gasteiger partial charge in [-0.3, -0.25) is 14.3 Å². The minimum absolute atomic E-state index is 0.00584. The summed E-state index contributed by atoms with van der Waals surface area (Å²) in [5, 5.41) is 9.39. The molecule has 0 radical (unpaired) electrons. The Labute approximate surface area is 397 Å². The number of nitrogens with zero attached hydrogens (tertiary/aromatic N) is 7. The van der Waals surface area contributed by atoms with Crippen molar-refractivity contribution in [3.8, 4) is 17.6 Å². The Bertz CT molecular complexity index is 2450. The molecule has 3 heterocycles. The third-order valence-corrected chi connectivity index (χ3v) is 18.7. The van der Waals surface area contributed by atoms with Gasteiger partial charge >= 0.3 is 0 Å². The summed E-state index contributed by atoms with van der Waals surface area (Å²) in [6.07, 6.45) is -0.0900. The first kappa shape index (κ1) is 51.4. The second-order valence-electron chi connectivity index (χ2n) is 18.8. The van der Waals surface area contributed by atoms with E-state index in [1.54, 1.807) is 36.4 Å². The zero-order valence-corrected chi connectivity index (χ0v) is 43.0. The van der Waals surface area contributed by atoms with E-state index in [1.165, 1.54) is 0 Å². The first-order chi connectivity index (χ1) is 31.8. The minimum Gasteiger partial charge on any atom is -0.497 e. The molecule has 1 fully saturated rings. The second kappa shape index (κ2) is 21.9. The van der Waals surface area contributed by atoms with Crippen molar-refractivity contribution in [1.82, 2.24) is 29.1 Å². The monoisotopic (exact) mass is 954 g/mol. The fourth-order valence-electron chi connectivity index (χ4n) is 7.85. The fraction of sp³-hybridized carbons (Fsp3) is 0.490. The van der Waals surface area contributed by atoms with Crippen LogP contribution in [0.1, 0.15) is 77.8 Å². The van der Waals surface area contributed by atoms with Crippen LogP contribution in [-0.2, 0) is 28.5 Å². The number of H-pyrrole nitrogens is 1. The maximum atomic E-state index is 13.6. The molecular weight excluding hydrogens is 888 g/mol. The fourth-order valence-corrected chi connectivity index (χ4v) is 10.9. The van der Waals surface area contributed by atoms with Gasteiger partial charge in [0.15, 0.2) is 25.7 Å². The molecular formula is C49H67N8O8PSi. The van der Waals surface area contributed by atoms with Gasteiger partial charge in [-0.15, -0.1) is 0 Å². The second-order valence-corrected chi connectivity index (χ2v) is 24.9. The van der Waals surface area contributed by atoms with Crippen molar-refractivity contribution in [3.63, 3.8) is 0 Å². The van der Waals surface area contributed by atoms with Crippen LogP contribution in [0.3, 0.4) is 0 Å². The number of methoxy groups -OCH3 is 2. The van der Waals surface area contributed by atoms with Crippen molar-refractivity contribution >= 4 is 40.3 Å². The highest BCUT2D eigenvalue weighted by Crippen LogP contribution is 2.53. The number of nitriles is 1. The van der Waals surface area contributed by atoms with Gasteiger partial charge in [0.2, 0.25) is 5.95 Å². The number of hydrogen-bond donors (Lipinski definition) is 1. The standard InChI is InChI=1S/C49H67N8O8PSi/c1-33(2)57(34(3)4)66(62-29-17-28-50)64-42-40(30-61-49(35-18-15-14-16-19-35,36-20-24-38(59-10)25-21-36)37-22-26-39(60-11)27-23-37)63-46(43(42)65-67(12,13)48(5,6)7)56-32-51-41-44(56)53-47(54-45(41)58)52-31-55(8)9/h14-16,18-27,31-34,40,42-43,46H,17,29-30H2,1-13H3,(H,53,54,58)/t40-,42-,43-,46-,66?/m1/s1. The van der Waals surface area contributed by atoms with Gasteiger partial charge in [-0.05, 0) is 86.8 Å². The smallest absolute Gasteiger partial charge is 0.280 e. The van der Waals surface area contributed by atoms with Gasteiger partial charge in [-0.1, -0.05) is 75.4 Å². The molecule has 0 amide bonds. The molecule has 5 aromatic rings. The predicted octanol–water partition coefficient (Wildman–Crippen LogP) is 9.32. The van der Waals surface area contributed by atoms with Gasteiger partial charge in [-0.2, -0.15) is 10.2 Å². The van der Waals surface area contributed by atoms with E-state index in [9.17, 15) is 10.1 Å². The molecule has 16 nitrogen and oxygen atoms in total. The number of aliphatic imine (C=N–C) groups is 1. The van der Waals surface area contributed by atoms with Crippen LogP contribution in [0.5, 0.6) is 11.5 Å². The lowest BCUT2D eigenvalue weighted by Gasteiger charge is -2.42. The van der Waals surface area contributed by atoms with Crippen molar-refractivity contribution in [2.75, 3.05) is 41.5 Å². The lowest BCUT2D eigenvalue weighted by atomic mass is 9.80. The van der Waals surface area contributed by atoms with Crippen molar-refractivity contribution < 1.29 is 32.4 Å². The van der Waals surface area contributed by atoms with E-state index >= 15 is 0 Å². The first-order valence-corrected chi connectivity index (χ1v) is 26.6. The Kier molecular flexibility index (Phi) is 16.8. The molecule has 1 aliphatic heterocycles. The number of fused-ring (bicyclic) bond motifs is 1. The molecule has 3 aromatic carbocycles. The number of imidazole rings is 1. The van der Waals surface area contributed by atoms with Gasteiger partial charge in [-0.25, -0.2) is 14.6 Å². The Hall–Kier alpha value is -5.02. The topological polar surface area (TPSA) is 171 Å². The van der Waals surface area contributed by atoms with Gasteiger partial charge in [0, 0.05) is 26.2 Å². The molecule has 0 spiro atoms. The van der Waals surface area contributed by atoms with Crippen molar-refractivity contribution in [3.05, 3.63) is 112 Å². The first-order valence-electron chi connectivity index (χ1n) is 22.6. The molecule has 0 bridgehead atoms. The number of benzene rings is 3. The number of aromatic nitrogens is 4.